The van der Waals surface area contributed by atoms with Crippen molar-refractivity contribution in [1.29, 1.82) is 0 Å². The Morgan fingerprint density at radius 1 is 0.766 bits per heavy atom. The lowest BCUT2D eigenvalue weighted by atomic mass is 9.94. The average Bonchev–Trinajstić information content (AvgIpc) is 3.08. The van der Waals surface area contributed by atoms with E-state index < -0.39 is 28.5 Å². The van der Waals surface area contributed by atoms with Crippen molar-refractivity contribution in [3.63, 3.8) is 0 Å². The summed E-state index contributed by atoms with van der Waals surface area (Å²) in [5.41, 5.74) is 1.76. The van der Waals surface area contributed by atoms with Crippen LogP contribution in [0.5, 0.6) is 0 Å². The number of benzene rings is 4. The average molecular weight is 713 g/mol. The largest absolute Gasteiger partial charge is 0.352 e. The van der Waals surface area contributed by atoms with Gasteiger partial charge in [-0.05, 0) is 66.4 Å². The van der Waals surface area contributed by atoms with Gasteiger partial charge in [-0.2, -0.15) is 0 Å². The highest BCUT2D eigenvalue weighted by atomic mass is 35.5. The molecule has 0 heterocycles. The van der Waals surface area contributed by atoms with Gasteiger partial charge in [-0.25, -0.2) is 8.42 Å². The fraction of sp³-hybridized carbons (Fsp3) is 0.278. The Morgan fingerprint density at radius 2 is 1.40 bits per heavy atom. The van der Waals surface area contributed by atoms with Crippen LogP contribution >= 0.6 is 34.8 Å². The molecule has 0 aliphatic heterocycles. The minimum absolute atomic E-state index is 0.000925. The van der Waals surface area contributed by atoms with Crippen LogP contribution in [0.25, 0.3) is 0 Å². The number of anilines is 1. The van der Waals surface area contributed by atoms with Crippen molar-refractivity contribution in [3.05, 3.63) is 129 Å². The van der Waals surface area contributed by atoms with Gasteiger partial charge in [-0.1, -0.05) is 115 Å². The van der Waals surface area contributed by atoms with E-state index in [1.54, 1.807) is 42.5 Å². The van der Waals surface area contributed by atoms with Gasteiger partial charge in [-0.15, -0.1) is 0 Å². The summed E-state index contributed by atoms with van der Waals surface area (Å²) in [7, 11) is -4.25. The lowest BCUT2D eigenvalue weighted by molar-refractivity contribution is -0.140. The Kier molecular flexibility index (Phi) is 11.9. The molecule has 4 aromatic carbocycles. The molecule has 47 heavy (non-hydrogen) atoms. The molecule has 0 spiro atoms. The SMILES string of the molecule is O=C(NC1CCCCC1)C(Cc1ccccc1)N(Cc1ccc(Cl)cc1)C(=O)CN(c1ccc(Cl)c(Cl)c1)S(=O)(=O)c1ccccc1. The van der Waals surface area contributed by atoms with Crippen LogP contribution in [0.2, 0.25) is 15.1 Å². The van der Waals surface area contributed by atoms with Gasteiger partial charge < -0.3 is 10.2 Å². The normalized spacial score (nSPS) is 14.3. The first kappa shape index (κ1) is 34.8. The first-order valence-electron chi connectivity index (χ1n) is 15.5. The third-order valence-electron chi connectivity index (χ3n) is 8.29. The lowest BCUT2D eigenvalue weighted by Gasteiger charge is -2.35. The summed E-state index contributed by atoms with van der Waals surface area (Å²) < 4.78 is 29.3. The van der Waals surface area contributed by atoms with Crippen LogP contribution in [-0.2, 0) is 32.6 Å². The monoisotopic (exact) mass is 711 g/mol. The number of sulfonamides is 1. The lowest BCUT2D eigenvalue weighted by Crippen LogP contribution is -2.55. The number of nitrogens with zero attached hydrogens (tertiary/aromatic N) is 2. The van der Waals surface area contributed by atoms with Crippen molar-refractivity contribution in [3.8, 4) is 0 Å². The Bertz CT molecular complexity index is 1770. The predicted octanol–water partition coefficient (Wildman–Crippen LogP) is 7.93. The first-order chi connectivity index (χ1) is 22.6. The second-order valence-corrected chi connectivity index (χ2v) is 14.7. The maximum Gasteiger partial charge on any atom is 0.264 e. The van der Waals surface area contributed by atoms with Gasteiger partial charge in [0.25, 0.3) is 10.0 Å². The molecule has 246 valence electrons. The minimum atomic E-state index is -4.25. The summed E-state index contributed by atoms with van der Waals surface area (Å²) >= 11 is 18.7. The van der Waals surface area contributed by atoms with Crippen LogP contribution in [-0.4, -0.2) is 43.8 Å². The Morgan fingerprint density at radius 3 is 2.04 bits per heavy atom. The van der Waals surface area contributed by atoms with Crippen molar-refractivity contribution in [2.75, 3.05) is 10.8 Å². The van der Waals surface area contributed by atoms with E-state index in [1.807, 2.05) is 30.3 Å². The molecule has 5 rings (SSSR count). The van der Waals surface area contributed by atoms with Crippen LogP contribution in [0.15, 0.2) is 108 Å². The van der Waals surface area contributed by atoms with E-state index >= 15 is 0 Å². The molecule has 1 fully saturated rings. The number of halogens is 3. The highest BCUT2D eigenvalue weighted by molar-refractivity contribution is 7.92. The first-order valence-corrected chi connectivity index (χ1v) is 18.1. The minimum Gasteiger partial charge on any atom is -0.352 e. The van der Waals surface area contributed by atoms with Gasteiger partial charge >= 0.3 is 0 Å². The number of amides is 2. The molecule has 7 nitrogen and oxygen atoms in total. The third-order valence-corrected chi connectivity index (χ3v) is 11.1. The molecule has 1 saturated carbocycles. The van der Waals surface area contributed by atoms with E-state index in [4.69, 9.17) is 34.8 Å². The maximum atomic E-state index is 14.6. The van der Waals surface area contributed by atoms with E-state index in [9.17, 15) is 18.0 Å². The molecule has 0 radical (unpaired) electrons. The molecule has 1 atom stereocenters. The molecule has 1 aliphatic rings. The van der Waals surface area contributed by atoms with Crippen molar-refractivity contribution in [2.45, 2.75) is 62.0 Å². The zero-order valence-corrected chi connectivity index (χ0v) is 28.8. The predicted molar refractivity (Wildman–Crippen MR) is 188 cm³/mol. The molecule has 11 heteroatoms. The van der Waals surface area contributed by atoms with Gasteiger partial charge in [0, 0.05) is 24.0 Å². The number of nitrogens with one attached hydrogen (secondary N) is 1. The molecule has 4 aromatic rings. The number of hydrogen-bond acceptors (Lipinski definition) is 4. The number of hydrogen-bond donors (Lipinski definition) is 1. The number of carbonyl (C=O) groups excluding carboxylic acids is 2. The summed E-state index contributed by atoms with van der Waals surface area (Å²) in [6.07, 6.45) is 5.15. The van der Waals surface area contributed by atoms with Gasteiger partial charge in [0.1, 0.15) is 12.6 Å². The molecule has 2 amide bonds. The summed E-state index contributed by atoms with van der Waals surface area (Å²) in [5.74, 6) is -0.847. The van der Waals surface area contributed by atoms with E-state index in [0.29, 0.717) is 5.02 Å². The Labute approximate surface area is 291 Å². The zero-order valence-electron chi connectivity index (χ0n) is 25.7. The highest BCUT2D eigenvalue weighted by Crippen LogP contribution is 2.31. The van der Waals surface area contributed by atoms with Crippen LogP contribution in [0.1, 0.15) is 43.2 Å². The summed E-state index contributed by atoms with van der Waals surface area (Å²) in [6, 6.07) is 27.8. The van der Waals surface area contributed by atoms with Gasteiger partial charge in [-0.3, -0.25) is 13.9 Å². The topological polar surface area (TPSA) is 86.8 Å². The van der Waals surface area contributed by atoms with Crippen LogP contribution in [0.4, 0.5) is 5.69 Å². The molecule has 0 saturated heterocycles. The van der Waals surface area contributed by atoms with Gasteiger partial charge in [0.15, 0.2) is 0 Å². The third kappa shape index (κ3) is 9.08. The second kappa shape index (κ2) is 16.0. The highest BCUT2D eigenvalue weighted by Gasteiger charge is 2.35. The maximum absolute atomic E-state index is 14.6. The Hall–Kier alpha value is -3.56. The van der Waals surface area contributed by atoms with Crippen molar-refractivity contribution in [1.82, 2.24) is 10.2 Å². The second-order valence-electron chi connectivity index (χ2n) is 11.6. The molecular formula is C36H36Cl3N3O4S. The van der Waals surface area contributed by atoms with Crippen LogP contribution in [0.3, 0.4) is 0 Å². The standard InChI is InChI=1S/C36H36Cl3N3O4S/c37-28-18-16-27(17-19-28)24-41(34(22-26-10-4-1-5-11-26)36(44)40-29-12-6-2-7-13-29)35(43)25-42(30-20-21-32(38)33(39)23-30)47(45,46)31-14-8-3-9-15-31/h1,3-5,8-11,14-21,23,29,34H,2,6-7,12-13,22,24-25H2,(H,40,44). The van der Waals surface area contributed by atoms with E-state index in [-0.39, 0.29) is 45.5 Å². The molecule has 1 aliphatic carbocycles. The summed E-state index contributed by atoms with van der Waals surface area (Å²) in [6.45, 7) is -0.545. The van der Waals surface area contributed by atoms with Crippen LogP contribution in [0, 0.1) is 0 Å². The number of rotatable bonds is 12. The van der Waals surface area contributed by atoms with Crippen LogP contribution < -0.4 is 9.62 Å². The fourth-order valence-electron chi connectivity index (χ4n) is 5.77. The summed E-state index contributed by atoms with van der Waals surface area (Å²) in [5, 5.41) is 4.11. The smallest absolute Gasteiger partial charge is 0.264 e. The van der Waals surface area contributed by atoms with Crippen molar-refractivity contribution < 1.29 is 18.0 Å². The van der Waals surface area contributed by atoms with Gasteiger partial charge in [0.05, 0.1) is 20.6 Å². The molecule has 0 aromatic heterocycles. The summed E-state index contributed by atoms with van der Waals surface area (Å²) in [4.78, 5) is 30.3. The molecule has 1 N–H and O–H groups in total. The molecule has 1 unspecified atom stereocenters. The number of carbonyl (C=O) groups is 2. The van der Waals surface area contributed by atoms with Crippen molar-refractivity contribution >= 4 is 62.3 Å². The van der Waals surface area contributed by atoms with Gasteiger partial charge in [0.2, 0.25) is 11.8 Å². The van der Waals surface area contributed by atoms with E-state index in [1.165, 1.54) is 35.2 Å². The quantitative estimate of drug-likeness (QED) is 0.162. The van der Waals surface area contributed by atoms with E-state index in [2.05, 4.69) is 5.32 Å². The Balaban J connectivity index is 1.56. The molecular weight excluding hydrogens is 677 g/mol. The van der Waals surface area contributed by atoms with Crippen molar-refractivity contribution in [2.24, 2.45) is 0 Å². The molecule has 0 bridgehead atoms. The zero-order chi connectivity index (χ0) is 33.4. The van der Waals surface area contributed by atoms with E-state index in [0.717, 1.165) is 47.5 Å². The fourth-order valence-corrected chi connectivity index (χ4v) is 7.62.